The normalized spacial score (nSPS) is 15.0. The lowest BCUT2D eigenvalue weighted by Gasteiger charge is -2.20. The van der Waals surface area contributed by atoms with Crippen molar-refractivity contribution >= 4 is 66.7 Å². The van der Waals surface area contributed by atoms with Crippen LogP contribution in [0.3, 0.4) is 0 Å². The van der Waals surface area contributed by atoms with Crippen LogP contribution in [-0.2, 0) is 17.4 Å². The highest BCUT2D eigenvalue weighted by molar-refractivity contribution is 9.10. The van der Waals surface area contributed by atoms with Gasteiger partial charge in [0.05, 0.1) is 28.3 Å². The maximum Gasteiger partial charge on any atom is 0.421 e. The molecule has 0 saturated carbocycles. The molecular formula is C25H21Br2F4N5O2. The van der Waals surface area contributed by atoms with Crippen molar-refractivity contribution in [1.82, 2.24) is 14.9 Å². The lowest BCUT2D eigenvalue weighted by molar-refractivity contribution is -0.137. The van der Waals surface area contributed by atoms with Gasteiger partial charge in [-0.05, 0) is 52.2 Å². The third-order valence-corrected chi connectivity index (χ3v) is 7.27. The van der Waals surface area contributed by atoms with E-state index in [1.807, 2.05) is 0 Å². The van der Waals surface area contributed by atoms with Crippen LogP contribution in [0.5, 0.6) is 0 Å². The van der Waals surface area contributed by atoms with Gasteiger partial charge < -0.3 is 15.5 Å². The highest BCUT2D eigenvalue weighted by atomic mass is 79.9. The Bertz CT molecular complexity index is 1390. The number of hydrogen-bond donors (Lipinski definition) is 2. The van der Waals surface area contributed by atoms with Gasteiger partial charge in [0.2, 0.25) is 5.95 Å². The molecule has 2 heterocycles. The lowest BCUT2D eigenvalue weighted by atomic mass is 10.0. The number of aromatic nitrogens is 2. The summed E-state index contributed by atoms with van der Waals surface area (Å²) < 4.78 is 55.1. The van der Waals surface area contributed by atoms with E-state index in [-0.39, 0.29) is 41.3 Å². The zero-order valence-corrected chi connectivity index (χ0v) is 23.0. The number of anilines is 4. The number of hydrogen-bond acceptors (Lipinski definition) is 6. The number of fused-ring (bicyclic) bond motifs is 1. The molecule has 2 aromatic carbocycles. The number of amides is 1. The molecule has 200 valence electrons. The zero-order valence-electron chi connectivity index (χ0n) is 19.9. The summed E-state index contributed by atoms with van der Waals surface area (Å²) in [5.74, 6) is -1.16. The minimum Gasteiger partial charge on any atom is -0.339 e. The van der Waals surface area contributed by atoms with E-state index >= 15 is 0 Å². The van der Waals surface area contributed by atoms with Gasteiger partial charge in [-0.25, -0.2) is 9.37 Å². The fourth-order valence-corrected chi connectivity index (χ4v) is 4.90. The van der Waals surface area contributed by atoms with Crippen molar-refractivity contribution in [3.05, 3.63) is 69.3 Å². The Balaban J connectivity index is 1.67. The fourth-order valence-electron chi connectivity index (χ4n) is 4.17. The quantitative estimate of drug-likeness (QED) is 0.196. The van der Waals surface area contributed by atoms with Crippen molar-refractivity contribution in [3.8, 4) is 0 Å². The number of nitrogens with zero attached hydrogens (tertiary/aromatic N) is 3. The maximum atomic E-state index is 13.8. The van der Waals surface area contributed by atoms with E-state index in [9.17, 15) is 27.2 Å². The Morgan fingerprint density at radius 1 is 1.16 bits per heavy atom. The maximum absolute atomic E-state index is 13.8. The topological polar surface area (TPSA) is 87.2 Å². The molecule has 13 heteroatoms. The van der Waals surface area contributed by atoms with Crippen LogP contribution >= 0.6 is 31.9 Å². The summed E-state index contributed by atoms with van der Waals surface area (Å²) in [5.41, 5.74) is 0.974. The van der Waals surface area contributed by atoms with Gasteiger partial charge in [0.25, 0.3) is 5.91 Å². The molecule has 2 N–H and O–H groups in total. The molecule has 3 aromatic rings. The molecule has 1 aliphatic rings. The second-order valence-corrected chi connectivity index (χ2v) is 9.92. The van der Waals surface area contributed by atoms with Crippen molar-refractivity contribution in [3.63, 3.8) is 0 Å². The Labute approximate surface area is 232 Å². The van der Waals surface area contributed by atoms with Crippen LogP contribution in [0, 0.1) is 0 Å². The number of ketones is 1. The standard InChI is InChI=1S/C25H21Br2F4N5O2/c1-13-16-3-2-4-20(21(16)23(38)36(13)8-7-28)33-22-17(25(29,30)31)12-32-24(35-22)34-19-6-5-14(10-18(19)27)9-15(37)11-26/h2-6,10,12-13H,7-9,11H2,1H3,(H2,32,33,34,35). The molecule has 0 fully saturated rings. The molecule has 1 aromatic heterocycles. The molecule has 1 aliphatic heterocycles. The minimum absolute atomic E-state index is 0.00696. The Morgan fingerprint density at radius 3 is 2.58 bits per heavy atom. The summed E-state index contributed by atoms with van der Waals surface area (Å²) >= 11 is 6.51. The number of carbonyl (C=O) groups is 2. The van der Waals surface area contributed by atoms with Crippen molar-refractivity contribution in [1.29, 1.82) is 0 Å². The van der Waals surface area contributed by atoms with Crippen molar-refractivity contribution in [2.45, 2.75) is 25.6 Å². The number of rotatable bonds is 9. The summed E-state index contributed by atoms with van der Waals surface area (Å²) in [4.78, 5) is 33.9. The summed E-state index contributed by atoms with van der Waals surface area (Å²) in [6.45, 7) is 0.868. The van der Waals surface area contributed by atoms with Crippen LogP contribution in [-0.4, -0.2) is 45.1 Å². The SMILES string of the molecule is CC1c2cccc(Nc3nc(Nc4ccc(CC(=O)CBr)cc4Br)ncc3C(F)(F)F)c2C(=O)N1CCF. The van der Waals surface area contributed by atoms with Gasteiger partial charge in [-0.1, -0.05) is 34.1 Å². The number of benzene rings is 2. The smallest absolute Gasteiger partial charge is 0.339 e. The Kier molecular flexibility index (Phi) is 8.36. The number of Topliss-reactive ketones (excluding diaryl/α,β-unsaturated/α-hetero) is 1. The lowest BCUT2D eigenvalue weighted by Crippen LogP contribution is -2.28. The Morgan fingerprint density at radius 2 is 1.92 bits per heavy atom. The van der Waals surface area contributed by atoms with Gasteiger partial charge in [-0.2, -0.15) is 18.2 Å². The van der Waals surface area contributed by atoms with Crippen molar-refractivity contribution in [2.75, 3.05) is 29.2 Å². The van der Waals surface area contributed by atoms with Gasteiger partial charge in [-0.15, -0.1) is 0 Å². The van der Waals surface area contributed by atoms with Crippen molar-refractivity contribution in [2.24, 2.45) is 0 Å². The van der Waals surface area contributed by atoms with Gasteiger partial charge in [-0.3, -0.25) is 9.59 Å². The van der Waals surface area contributed by atoms with E-state index in [2.05, 4.69) is 52.5 Å². The summed E-state index contributed by atoms with van der Waals surface area (Å²) in [5, 5.41) is 5.77. The van der Waals surface area contributed by atoms with E-state index in [4.69, 9.17) is 0 Å². The summed E-state index contributed by atoms with van der Waals surface area (Å²) in [6, 6.07) is 9.42. The molecule has 1 amide bonds. The predicted molar refractivity (Wildman–Crippen MR) is 142 cm³/mol. The fraction of sp³-hybridized carbons (Fsp3) is 0.280. The molecule has 0 aliphatic carbocycles. The van der Waals surface area contributed by atoms with Crippen LogP contribution in [0.1, 0.15) is 40.0 Å². The van der Waals surface area contributed by atoms with E-state index in [1.54, 1.807) is 37.3 Å². The first-order valence-corrected chi connectivity index (χ1v) is 13.3. The monoisotopic (exact) mass is 657 g/mol. The Hall–Kier alpha value is -3.06. The third-order valence-electron chi connectivity index (χ3n) is 5.99. The average molecular weight is 659 g/mol. The van der Waals surface area contributed by atoms with E-state index in [0.29, 0.717) is 21.9 Å². The molecule has 38 heavy (non-hydrogen) atoms. The number of carbonyl (C=O) groups excluding carboxylic acids is 2. The number of alkyl halides is 5. The zero-order chi connectivity index (χ0) is 27.6. The molecule has 1 unspecified atom stereocenters. The third kappa shape index (κ3) is 5.83. The number of nitrogens with one attached hydrogen (secondary N) is 2. The van der Waals surface area contributed by atoms with E-state index < -0.39 is 36.2 Å². The molecule has 0 radical (unpaired) electrons. The van der Waals surface area contributed by atoms with Gasteiger partial charge >= 0.3 is 6.18 Å². The first kappa shape index (κ1) is 28.0. The molecule has 0 spiro atoms. The second kappa shape index (κ2) is 11.4. The van der Waals surface area contributed by atoms with Gasteiger partial charge in [0.1, 0.15) is 23.8 Å². The van der Waals surface area contributed by atoms with Gasteiger partial charge in [0.15, 0.2) is 0 Å². The molecule has 1 atom stereocenters. The highest BCUT2D eigenvalue weighted by Crippen LogP contribution is 2.40. The first-order chi connectivity index (χ1) is 18.0. The summed E-state index contributed by atoms with van der Waals surface area (Å²) in [7, 11) is 0. The minimum atomic E-state index is -4.78. The van der Waals surface area contributed by atoms with Crippen LogP contribution in [0.4, 0.5) is 40.7 Å². The van der Waals surface area contributed by atoms with E-state index in [1.165, 1.54) is 11.0 Å². The first-order valence-electron chi connectivity index (χ1n) is 11.4. The second-order valence-electron chi connectivity index (χ2n) is 8.50. The molecule has 4 rings (SSSR count). The largest absolute Gasteiger partial charge is 0.421 e. The molecule has 7 nitrogen and oxygen atoms in total. The average Bonchev–Trinajstić information content (AvgIpc) is 3.11. The highest BCUT2D eigenvalue weighted by Gasteiger charge is 2.38. The number of halogens is 6. The van der Waals surface area contributed by atoms with Crippen LogP contribution in [0.15, 0.2) is 47.1 Å². The van der Waals surface area contributed by atoms with Crippen LogP contribution in [0.2, 0.25) is 0 Å². The summed E-state index contributed by atoms with van der Waals surface area (Å²) in [6.07, 6.45) is -3.91. The van der Waals surface area contributed by atoms with E-state index in [0.717, 1.165) is 5.56 Å². The van der Waals surface area contributed by atoms with Crippen molar-refractivity contribution < 1.29 is 27.2 Å². The molecular weight excluding hydrogens is 638 g/mol. The van der Waals surface area contributed by atoms with Gasteiger partial charge in [0, 0.05) is 23.6 Å². The van der Waals surface area contributed by atoms with Crippen LogP contribution in [0.25, 0.3) is 0 Å². The van der Waals surface area contributed by atoms with Crippen LogP contribution < -0.4 is 10.6 Å². The molecule has 0 bridgehead atoms. The predicted octanol–water partition coefficient (Wildman–Crippen LogP) is 6.74. The molecule has 0 saturated heterocycles.